The van der Waals surface area contributed by atoms with Gasteiger partial charge >= 0.3 is 0 Å². The van der Waals surface area contributed by atoms with Gasteiger partial charge in [0.25, 0.3) is 0 Å². The summed E-state index contributed by atoms with van der Waals surface area (Å²) >= 11 is 0. The van der Waals surface area contributed by atoms with E-state index in [0.717, 1.165) is 43.4 Å². The highest BCUT2D eigenvalue weighted by Gasteiger charge is 2.20. The molecular weight excluding hydrogens is 455 g/mol. The zero-order valence-corrected chi connectivity index (χ0v) is 20.2. The van der Waals surface area contributed by atoms with Gasteiger partial charge in [0.05, 0.1) is 13.7 Å². The molecule has 27 heavy (non-hydrogen) atoms. The van der Waals surface area contributed by atoms with Crippen molar-refractivity contribution in [3.63, 3.8) is 0 Å². The van der Waals surface area contributed by atoms with Gasteiger partial charge in [-0.05, 0) is 65.4 Å². The van der Waals surface area contributed by atoms with E-state index in [2.05, 4.69) is 60.6 Å². The van der Waals surface area contributed by atoms with Crippen LogP contribution in [0.15, 0.2) is 23.2 Å². The van der Waals surface area contributed by atoms with Crippen molar-refractivity contribution < 1.29 is 9.47 Å². The lowest BCUT2D eigenvalue weighted by molar-refractivity contribution is 0.197. The molecule has 0 aromatic heterocycles. The van der Waals surface area contributed by atoms with E-state index >= 15 is 0 Å². The van der Waals surface area contributed by atoms with Crippen LogP contribution < -0.4 is 20.1 Å². The molecule has 6 nitrogen and oxygen atoms in total. The number of methoxy groups -OCH3 is 1. The van der Waals surface area contributed by atoms with Crippen LogP contribution in [0.1, 0.15) is 32.8 Å². The van der Waals surface area contributed by atoms with Gasteiger partial charge in [0, 0.05) is 25.7 Å². The van der Waals surface area contributed by atoms with Gasteiger partial charge in [0.1, 0.15) is 0 Å². The molecule has 156 valence electrons. The van der Waals surface area contributed by atoms with Crippen LogP contribution in [-0.4, -0.2) is 64.3 Å². The Kier molecular flexibility index (Phi) is 12.5. The van der Waals surface area contributed by atoms with Crippen molar-refractivity contribution in [3.05, 3.63) is 23.8 Å². The third-order valence-corrected chi connectivity index (χ3v) is 4.59. The molecule has 0 unspecified atom stereocenters. The lowest BCUT2D eigenvalue weighted by atomic mass is 10.0. The summed E-state index contributed by atoms with van der Waals surface area (Å²) in [7, 11) is 7.64. The summed E-state index contributed by atoms with van der Waals surface area (Å²) in [4.78, 5) is 6.50. The molecule has 0 aliphatic heterocycles. The van der Waals surface area contributed by atoms with Crippen molar-refractivity contribution in [1.29, 1.82) is 0 Å². The molecule has 1 rings (SSSR count). The quantitative estimate of drug-likeness (QED) is 0.228. The predicted molar refractivity (Wildman–Crippen MR) is 125 cm³/mol. The van der Waals surface area contributed by atoms with E-state index < -0.39 is 0 Å². The highest BCUT2D eigenvalue weighted by atomic mass is 127. The van der Waals surface area contributed by atoms with Crippen LogP contribution in [0, 0.1) is 0 Å². The maximum absolute atomic E-state index is 5.64. The SMILES string of the molecule is CCOc1cc(CCCNC(=NC)NCC(C)(C)N(C)C)ccc1OC.I. The zero-order chi connectivity index (χ0) is 19.6. The first-order valence-electron chi connectivity index (χ1n) is 9.25. The second kappa shape index (κ2) is 13.0. The van der Waals surface area contributed by atoms with Crippen LogP contribution >= 0.6 is 24.0 Å². The number of aliphatic imine (C=N–C) groups is 1. The predicted octanol–water partition coefficient (Wildman–Crippen LogP) is 3.15. The second-order valence-electron chi connectivity index (χ2n) is 7.08. The molecule has 7 heteroatoms. The minimum atomic E-state index is 0. The first-order chi connectivity index (χ1) is 12.3. The smallest absolute Gasteiger partial charge is 0.191 e. The van der Waals surface area contributed by atoms with E-state index in [0.29, 0.717) is 6.61 Å². The Hall–Kier alpha value is -1.22. The third-order valence-electron chi connectivity index (χ3n) is 4.59. The first-order valence-corrected chi connectivity index (χ1v) is 9.25. The van der Waals surface area contributed by atoms with Crippen molar-refractivity contribution in [3.8, 4) is 11.5 Å². The molecule has 0 saturated carbocycles. The van der Waals surface area contributed by atoms with Crippen LogP contribution in [0.25, 0.3) is 0 Å². The lowest BCUT2D eigenvalue weighted by Crippen LogP contribution is -2.50. The number of hydrogen-bond donors (Lipinski definition) is 2. The molecule has 0 bridgehead atoms. The van der Waals surface area contributed by atoms with E-state index in [4.69, 9.17) is 9.47 Å². The molecule has 0 spiro atoms. The molecule has 1 aromatic rings. The number of ether oxygens (including phenoxy) is 2. The molecule has 0 aliphatic carbocycles. The van der Waals surface area contributed by atoms with Gasteiger partial charge in [0.15, 0.2) is 17.5 Å². The Labute approximate surface area is 182 Å². The Morgan fingerprint density at radius 1 is 1.19 bits per heavy atom. The van der Waals surface area contributed by atoms with Gasteiger partial charge < -0.3 is 25.0 Å². The van der Waals surface area contributed by atoms with Crippen LogP contribution in [0.4, 0.5) is 0 Å². The Balaban J connectivity index is 0.00000676. The van der Waals surface area contributed by atoms with Crippen LogP contribution in [0.2, 0.25) is 0 Å². The lowest BCUT2D eigenvalue weighted by Gasteiger charge is -2.33. The molecule has 0 amide bonds. The zero-order valence-electron chi connectivity index (χ0n) is 17.9. The number of halogens is 1. The van der Waals surface area contributed by atoms with Crippen molar-refractivity contribution in [2.24, 2.45) is 4.99 Å². The van der Waals surface area contributed by atoms with Crippen LogP contribution in [-0.2, 0) is 6.42 Å². The number of aryl methyl sites for hydroxylation is 1. The summed E-state index contributed by atoms with van der Waals surface area (Å²) in [6.07, 6.45) is 1.98. The number of guanidine groups is 1. The van der Waals surface area contributed by atoms with Gasteiger partial charge in [-0.2, -0.15) is 0 Å². The number of rotatable bonds is 10. The van der Waals surface area contributed by atoms with E-state index in [9.17, 15) is 0 Å². The molecule has 0 aliphatic rings. The molecule has 0 saturated heterocycles. The third kappa shape index (κ3) is 9.01. The number of likely N-dealkylation sites (N-methyl/N-ethyl adjacent to an activating group) is 1. The maximum Gasteiger partial charge on any atom is 0.191 e. The van der Waals surface area contributed by atoms with Gasteiger partial charge in [-0.25, -0.2) is 0 Å². The molecular formula is C20H37IN4O2. The van der Waals surface area contributed by atoms with Crippen molar-refractivity contribution in [1.82, 2.24) is 15.5 Å². The van der Waals surface area contributed by atoms with Crippen LogP contribution in [0.3, 0.4) is 0 Å². The maximum atomic E-state index is 5.64. The average Bonchev–Trinajstić information content (AvgIpc) is 2.61. The van der Waals surface area contributed by atoms with E-state index in [1.165, 1.54) is 5.56 Å². The summed E-state index contributed by atoms with van der Waals surface area (Å²) in [5.41, 5.74) is 1.31. The van der Waals surface area contributed by atoms with E-state index in [1.54, 1.807) is 14.2 Å². The fourth-order valence-corrected chi connectivity index (χ4v) is 2.32. The molecule has 2 N–H and O–H groups in total. The van der Waals surface area contributed by atoms with Gasteiger partial charge in [-0.15, -0.1) is 24.0 Å². The Bertz CT molecular complexity index is 577. The average molecular weight is 492 g/mol. The van der Waals surface area contributed by atoms with E-state index in [-0.39, 0.29) is 29.5 Å². The highest BCUT2D eigenvalue weighted by molar-refractivity contribution is 14.0. The summed E-state index contributed by atoms with van der Waals surface area (Å²) in [5.74, 6) is 2.43. The molecule has 1 aromatic carbocycles. The monoisotopic (exact) mass is 492 g/mol. The topological polar surface area (TPSA) is 58.1 Å². The second-order valence-corrected chi connectivity index (χ2v) is 7.08. The van der Waals surface area contributed by atoms with E-state index in [1.807, 2.05) is 13.0 Å². The van der Waals surface area contributed by atoms with Crippen molar-refractivity contribution >= 4 is 29.9 Å². The minimum absolute atomic E-state index is 0. The highest BCUT2D eigenvalue weighted by Crippen LogP contribution is 2.28. The molecule has 0 radical (unpaired) electrons. The first kappa shape index (κ1) is 25.8. The van der Waals surface area contributed by atoms with Crippen LogP contribution in [0.5, 0.6) is 11.5 Å². The van der Waals surface area contributed by atoms with Crippen molar-refractivity contribution in [2.45, 2.75) is 39.2 Å². The molecule has 0 atom stereocenters. The fraction of sp³-hybridized carbons (Fsp3) is 0.650. The summed E-state index contributed by atoms with van der Waals surface area (Å²) in [6, 6.07) is 6.13. The number of nitrogens with zero attached hydrogens (tertiary/aromatic N) is 2. The van der Waals surface area contributed by atoms with Gasteiger partial charge in [-0.3, -0.25) is 4.99 Å². The number of nitrogens with one attached hydrogen (secondary N) is 2. The minimum Gasteiger partial charge on any atom is -0.493 e. The van der Waals surface area contributed by atoms with Gasteiger partial charge in [0.2, 0.25) is 0 Å². The standard InChI is InChI=1S/C20H36N4O2.HI/c1-8-26-18-14-16(11-12-17(18)25-7)10-9-13-22-19(21-4)23-15-20(2,3)24(5)6;/h11-12,14H,8-10,13,15H2,1-7H3,(H2,21,22,23);1H. The number of benzene rings is 1. The van der Waals surface area contributed by atoms with Crippen molar-refractivity contribution in [2.75, 3.05) is 47.9 Å². The van der Waals surface area contributed by atoms with Gasteiger partial charge in [-0.1, -0.05) is 6.07 Å². The normalized spacial score (nSPS) is 11.8. The largest absolute Gasteiger partial charge is 0.493 e. The Morgan fingerprint density at radius 2 is 1.89 bits per heavy atom. The summed E-state index contributed by atoms with van der Waals surface area (Å²) in [6.45, 7) is 8.70. The molecule has 0 heterocycles. The summed E-state index contributed by atoms with van der Waals surface area (Å²) < 4.78 is 11.0. The fourth-order valence-electron chi connectivity index (χ4n) is 2.32. The molecule has 0 fully saturated rings. The Morgan fingerprint density at radius 3 is 2.44 bits per heavy atom. The summed E-state index contributed by atoms with van der Waals surface area (Å²) in [5, 5.41) is 6.77. The number of hydrogen-bond acceptors (Lipinski definition) is 4.